The summed E-state index contributed by atoms with van der Waals surface area (Å²) in [4.78, 5) is 0. The highest BCUT2D eigenvalue weighted by molar-refractivity contribution is 5.83. The molecule has 0 N–H and O–H groups in total. The summed E-state index contributed by atoms with van der Waals surface area (Å²) in [6, 6.07) is 8.34. The van der Waals surface area contributed by atoms with Crippen molar-refractivity contribution in [3.05, 3.63) is 71.8 Å². The lowest BCUT2D eigenvalue weighted by Crippen LogP contribution is -1.90. The smallest absolute Gasteiger partial charge is 0.0112 e. The minimum atomic E-state index is 1.17. The summed E-state index contributed by atoms with van der Waals surface area (Å²) < 4.78 is 0. The van der Waals surface area contributed by atoms with Gasteiger partial charge in [-0.15, -0.1) is 0 Å². The van der Waals surface area contributed by atoms with E-state index in [2.05, 4.69) is 56.9 Å². The minimum Gasteiger partial charge on any atom is -0.0984 e. The van der Waals surface area contributed by atoms with Gasteiger partial charge in [0.2, 0.25) is 0 Å². The highest BCUT2D eigenvalue weighted by atomic mass is 14.1. The molecule has 0 aliphatic rings. The summed E-state index contributed by atoms with van der Waals surface area (Å²) in [5.41, 5.74) is 4.94. The van der Waals surface area contributed by atoms with Crippen molar-refractivity contribution in [2.75, 3.05) is 0 Å². The molecule has 0 aromatic heterocycles. The van der Waals surface area contributed by atoms with E-state index in [-0.39, 0.29) is 0 Å². The van der Waals surface area contributed by atoms with Gasteiger partial charge in [-0.25, -0.2) is 0 Å². The van der Waals surface area contributed by atoms with Crippen LogP contribution >= 0.6 is 0 Å². The van der Waals surface area contributed by atoms with Gasteiger partial charge >= 0.3 is 0 Å². The van der Waals surface area contributed by atoms with Gasteiger partial charge in [-0.2, -0.15) is 0 Å². The third-order valence-electron chi connectivity index (χ3n) is 2.72. The zero-order chi connectivity index (χ0) is 12.7. The Kier molecular flexibility index (Phi) is 5.22. The fourth-order valence-electron chi connectivity index (χ4n) is 1.85. The normalized spacial score (nSPS) is 13.1. The quantitative estimate of drug-likeness (QED) is 0.612. The van der Waals surface area contributed by atoms with E-state index >= 15 is 0 Å². The van der Waals surface area contributed by atoms with Crippen molar-refractivity contribution in [2.24, 2.45) is 0 Å². The van der Waals surface area contributed by atoms with Crippen LogP contribution in [0.25, 0.3) is 11.6 Å². The van der Waals surface area contributed by atoms with Crippen LogP contribution in [0.4, 0.5) is 0 Å². The molecule has 0 bridgehead atoms. The molecule has 0 heteroatoms. The minimum absolute atomic E-state index is 1.17. The predicted molar refractivity (Wildman–Crippen MR) is 78.8 cm³/mol. The van der Waals surface area contributed by atoms with E-state index in [4.69, 9.17) is 0 Å². The first-order valence-electron chi connectivity index (χ1n) is 5.92. The molecule has 17 heavy (non-hydrogen) atoms. The number of rotatable bonds is 4. The van der Waals surface area contributed by atoms with Crippen LogP contribution < -0.4 is 0 Å². The van der Waals surface area contributed by atoms with E-state index in [1.165, 1.54) is 22.3 Å². The summed E-state index contributed by atoms with van der Waals surface area (Å²) in [7, 11) is 0. The first-order valence-corrected chi connectivity index (χ1v) is 5.92. The number of allylic oxidation sites excluding steroid dienone is 6. The molecule has 0 heterocycles. The van der Waals surface area contributed by atoms with Crippen molar-refractivity contribution in [1.82, 2.24) is 0 Å². The fraction of sp³-hybridized carbons (Fsp3) is 0.176. The Morgan fingerprint density at radius 1 is 1.18 bits per heavy atom. The Morgan fingerprint density at radius 3 is 2.47 bits per heavy atom. The Bertz CT molecular complexity index is 471. The topological polar surface area (TPSA) is 0 Å². The highest BCUT2D eigenvalue weighted by Crippen LogP contribution is 2.26. The average molecular weight is 224 g/mol. The van der Waals surface area contributed by atoms with Gasteiger partial charge < -0.3 is 0 Å². The van der Waals surface area contributed by atoms with Gasteiger partial charge in [0.15, 0.2) is 0 Å². The van der Waals surface area contributed by atoms with E-state index in [1.807, 2.05) is 25.1 Å². The molecule has 0 aliphatic carbocycles. The number of benzene rings is 1. The summed E-state index contributed by atoms with van der Waals surface area (Å²) in [6.07, 6.45) is 10.3. The van der Waals surface area contributed by atoms with Crippen LogP contribution in [0.1, 0.15) is 31.9 Å². The summed E-state index contributed by atoms with van der Waals surface area (Å²) in [5, 5.41) is 0. The van der Waals surface area contributed by atoms with Crippen molar-refractivity contribution >= 4 is 11.6 Å². The van der Waals surface area contributed by atoms with Crippen LogP contribution in [0.5, 0.6) is 0 Å². The number of hydrogen-bond donors (Lipinski definition) is 0. The van der Waals surface area contributed by atoms with Gasteiger partial charge in [-0.3, -0.25) is 0 Å². The maximum atomic E-state index is 3.87. The van der Waals surface area contributed by atoms with E-state index in [0.29, 0.717) is 0 Å². The first-order chi connectivity index (χ1) is 8.24. The lowest BCUT2D eigenvalue weighted by molar-refractivity contribution is 1.46. The van der Waals surface area contributed by atoms with E-state index in [0.717, 1.165) is 0 Å². The molecule has 0 amide bonds. The Labute approximate surface area is 105 Å². The largest absolute Gasteiger partial charge is 0.0984 e. The second-order valence-corrected chi connectivity index (χ2v) is 3.87. The Balaban J connectivity index is 3.24. The third kappa shape index (κ3) is 3.32. The Morgan fingerprint density at radius 2 is 1.88 bits per heavy atom. The zero-order valence-electron chi connectivity index (χ0n) is 10.9. The molecular formula is C17H20. The van der Waals surface area contributed by atoms with Gasteiger partial charge in [0, 0.05) is 0 Å². The molecule has 1 rings (SSSR count). The van der Waals surface area contributed by atoms with Gasteiger partial charge in [0.25, 0.3) is 0 Å². The molecule has 0 atom stereocenters. The van der Waals surface area contributed by atoms with Crippen LogP contribution in [0, 0.1) is 0 Å². The van der Waals surface area contributed by atoms with Crippen LogP contribution in [0.2, 0.25) is 0 Å². The van der Waals surface area contributed by atoms with Crippen molar-refractivity contribution in [2.45, 2.75) is 20.8 Å². The van der Waals surface area contributed by atoms with Crippen molar-refractivity contribution < 1.29 is 0 Å². The van der Waals surface area contributed by atoms with Crippen molar-refractivity contribution in [3.8, 4) is 0 Å². The lowest BCUT2D eigenvalue weighted by Gasteiger charge is -2.11. The molecular weight excluding hydrogens is 204 g/mol. The highest BCUT2D eigenvalue weighted by Gasteiger charge is 2.05. The molecule has 0 nitrogen and oxygen atoms in total. The maximum absolute atomic E-state index is 3.87. The van der Waals surface area contributed by atoms with Crippen molar-refractivity contribution in [1.29, 1.82) is 0 Å². The predicted octanol–water partition coefficient (Wildman–Crippen LogP) is 5.26. The van der Waals surface area contributed by atoms with Gasteiger partial charge in [-0.1, -0.05) is 61.2 Å². The number of hydrogen-bond acceptors (Lipinski definition) is 0. The lowest BCUT2D eigenvalue weighted by atomic mass is 9.94. The molecule has 0 saturated carbocycles. The molecule has 88 valence electrons. The molecule has 0 saturated heterocycles. The van der Waals surface area contributed by atoms with Crippen LogP contribution in [-0.2, 0) is 0 Å². The zero-order valence-corrected chi connectivity index (χ0v) is 10.9. The second-order valence-electron chi connectivity index (χ2n) is 3.87. The van der Waals surface area contributed by atoms with Crippen LogP contribution in [0.15, 0.2) is 60.7 Å². The average Bonchev–Trinajstić information content (AvgIpc) is 2.37. The monoisotopic (exact) mass is 224 g/mol. The molecule has 1 aromatic rings. The van der Waals surface area contributed by atoms with Gasteiger partial charge in [-0.05, 0) is 43.0 Å². The second kappa shape index (κ2) is 6.70. The molecule has 0 radical (unpaired) electrons. The summed E-state index contributed by atoms with van der Waals surface area (Å²) in [6.45, 7) is 10.1. The van der Waals surface area contributed by atoms with Crippen molar-refractivity contribution in [3.63, 3.8) is 0 Å². The third-order valence-corrected chi connectivity index (χ3v) is 2.72. The molecule has 0 spiro atoms. The molecule has 1 aromatic carbocycles. The SMILES string of the molecule is C=Cc1ccccc1C(=C/C)/C(C)=C\C=C/C. The standard InChI is InChI=1S/C17H20/c1-5-8-11-14(4)16(7-3)17-13-10-9-12-15(17)6-2/h5-13H,2H2,1,3-4H3/b8-5-,14-11-,16-7+. The van der Waals surface area contributed by atoms with Crippen LogP contribution in [0.3, 0.4) is 0 Å². The fourth-order valence-corrected chi connectivity index (χ4v) is 1.85. The van der Waals surface area contributed by atoms with E-state index in [1.54, 1.807) is 0 Å². The molecule has 0 aliphatic heterocycles. The first kappa shape index (κ1) is 13.2. The Hall–Kier alpha value is -1.82. The van der Waals surface area contributed by atoms with Crippen LogP contribution in [-0.4, -0.2) is 0 Å². The summed E-state index contributed by atoms with van der Waals surface area (Å²) >= 11 is 0. The summed E-state index contributed by atoms with van der Waals surface area (Å²) in [5.74, 6) is 0. The van der Waals surface area contributed by atoms with E-state index in [9.17, 15) is 0 Å². The van der Waals surface area contributed by atoms with Gasteiger partial charge in [0.1, 0.15) is 0 Å². The maximum Gasteiger partial charge on any atom is -0.0112 e. The molecule has 0 fully saturated rings. The molecule has 0 unspecified atom stereocenters. The van der Waals surface area contributed by atoms with E-state index < -0.39 is 0 Å². The van der Waals surface area contributed by atoms with Gasteiger partial charge in [0.05, 0.1) is 0 Å².